The minimum Gasteiger partial charge on any atom is -0.349 e. The quantitative estimate of drug-likeness (QED) is 0.884. The fourth-order valence-corrected chi connectivity index (χ4v) is 1.67. The second kappa shape index (κ2) is 7.23. The molecule has 0 aliphatic rings. The van der Waals surface area contributed by atoms with Gasteiger partial charge in [-0.2, -0.15) is 13.2 Å². The number of aromatic nitrogens is 3. The molecule has 0 spiro atoms. The molecule has 10 heteroatoms. The van der Waals surface area contributed by atoms with Crippen molar-refractivity contribution >= 4 is 18.3 Å². The van der Waals surface area contributed by atoms with Gasteiger partial charge >= 0.3 is 6.18 Å². The van der Waals surface area contributed by atoms with E-state index in [1.54, 1.807) is 0 Å². The fraction of sp³-hybridized carbons (Fsp3) is 0.250. The molecule has 0 unspecified atom stereocenters. The number of para-hydroxylation sites is 1. The van der Waals surface area contributed by atoms with Gasteiger partial charge in [0.2, 0.25) is 0 Å². The van der Waals surface area contributed by atoms with Gasteiger partial charge in [0.1, 0.15) is 0 Å². The van der Waals surface area contributed by atoms with Crippen molar-refractivity contribution < 1.29 is 18.0 Å². The highest BCUT2D eigenvalue weighted by Crippen LogP contribution is 2.33. The molecule has 2 rings (SSSR count). The monoisotopic (exact) mass is 335 g/mol. The van der Waals surface area contributed by atoms with E-state index in [2.05, 4.69) is 15.6 Å². The number of hydrogen-bond donors (Lipinski definition) is 2. The van der Waals surface area contributed by atoms with Crippen LogP contribution in [0.25, 0.3) is 5.69 Å². The van der Waals surface area contributed by atoms with Crippen LogP contribution < -0.4 is 11.1 Å². The Morgan fingerprint density at radius 3 is 2.64 bits per heavy atom. The van der Waals surface area contributed by atoms with Gasteiger partial charge in [-0.3, -0.25) is 4.79 Å². The molecule has 0 atom stereocenters. The largest absolute Gasteiger partial charge is 0.418 e. The Labute approximate surface area is 129 Å². The molecule has 120 valence electrons. The fourth-order valence-electron chi connectivity index (χ4n) is 1.67. The van der Waals surface area contributed by atoms with Crippen LogP contribution >= 0.6 is 12.4 Å². The first-order valence-corrected chi connectivity index (χ1v) is 6.00. The Balaban J connectivity index is 0.00000242. The number of hydrogen-bond acceptors (Lipinski definition) is 4. The molecule has 1 amide bonds. The van der Waals surface area contributed by atoms with E-state index < -0.39 is 17.6 Å². The predicted molar refractivity (Wildman–Crippen MR) is 75.0 cm³/mol. The van der Waals surface area contributed by atoms with E-state index in [4.69, 9.17) is 5.73 Å². The highest BCUT2D eigenvalue weighted by atomic mass is 35.5. The van der Waals surface area contributed by atoms with Gasteiger partial charge in [0.05, 0.1) is 17.4 Å². The van der Waals surface area contributed by atoms with Gasteiger partial charge in [-0.1, -0.05) is 17.3 Å². The molecule has 3 N–H and O–H groups in total. The van der Waals surface area contributed by atoms with Gasteiger partial charge in [-0.05, 0) is 12.1 Å². The molecule has 0 bridgehead atoms. The molecule has 22 heavy (non-hydrogen) atoms. The molecule has 6 nitrogen and oxygen atoms in total. The van der Waals surface area contributed by atoms with E-state index in [0.717, 1.165) is 16.9 Å². The van der Waals surface area contributed by atoms with Crippen molar-refractivity contribution in [2.45, 2.75) is 6.18 Å². The summed E-state index contributed by atoms with van der Waals surface area (Å²) < 4.78 is 39.7. The smallest absolute Gasteiger partial charge is 0.349 e. The molecule has 0 saturated heterocycles. The van der Waals surface area contributed by atoms with Crippen LogP contribution in [0.1, 0.15) is 16.1 Å². The second-order valence-corrected chi connectivity index (χ2v) is 4.11. The maximum absolute atomic E-state index is 12.9. The summed E-state index contributed by atoms with van der Waals surface area (Å²) in [4.78, 5) is 11.6. The third kappa shape index (κ3) is 3.95. The van der Waals surface area contributed by atoms with Crippen molar-refractivity contribution in [2.24, 2.45) is 5.73 Å². The number of nitrogens with one attached hydrogen (secondary N) is 1. The average Bonchev–Trinajstić information content (AvgIpc) is 2.93. The zero-order chi connectivity index (χ0) is 15.5. The minimum absolute atomic E-state index is 0. The van der Waals surface area contributed by atoms with Crippen LogP contribution in [-0.2, 0) is 6.18 Å². The van der Waals surface area contributed by atoms with E-state index in [1.165, 1.54) is 18.2 Å². The molecule has 0 fully saturated rings. The van der Waals surface area contributed by atoms with Crippen LogP contribution in [0.4, 0.5) is 13.2 Å². The topological polar surface area (TPSA) is 85.8 Å². The van der Waals surface area contributed by atoms with Crippen molar-refractivity contribution in [3.8, 4) is 5.69 Å². The SMILES string of the molecule is Cl.NCCNC(=O)c1cn(-c2ccccc2C(F)(F)F)nn1. The number of nitrogens with two attached hydrogens (primary N) is 1. The molecule has 1 heterocycles. The molecule has 0 saturated carbocycles. The summed E-state index contributed by atoms with van der Waals surface area (Å²) in [6.07, 6.45) is -3.39. The molecule has 0 aliphatic heterocycles. The van der Waals surface area contributed by atoms with E-state index in [0.29, 0.717) is 0 Å². The Hall–Kier alpha value is -2.13. The summed E-state index contributed by atoms with van der Waals surface area (Å²) in [5.74, 6) is -0.545. The number of rotatable bonds is 4. The zero-order valence-corrected chi connectivity index (χ0v) is 12.0. The van der Waals surface area contributed by atoms with Gasteiger partial charge in [-0.25, -0.2) is 4.68 Å². The maximum atomic E-state index is 12.9. The van der Waals surface area contributed by atoms with Crippen molar-refractivity contribution in [1.29, 1.82) is 0 Å². The van der Waals surface area contributed by atoms with Crippen LogP contribution in [0.2, 0.25) is 0 Å². The van der Waals surface area contributed by atoms with Gasteiger partial charge < -0.3 is 11.1 Å². The van der Waals surface area contributed by atoms with Crippen molar-refractivity contribution in [1.82, 2.24) is 20.3 Å². The van der Waals surface area contributed by atoms with Crippen LogP contribution in [0.3, 0.4) is 0 Å². The molecule has 2 aromatic rings. The Morgan fingerprint density at radius 1 is 1.32 bits per heavy atom. The van der Waals surface area contributed by atoms with Crippen molar-refractivity contribution in [2.75, 3.05) is 13.1 Å². The van der Waals surface area contributed by atoms with Crippen LogP contribution in [-0.4, -0.2) is 34.0 Å². The van der Waals surface area contributed by atoms with Crippen molar-refractivity contribution in [3.05, 3.63) is 41.7 Å². The van der Waals surface area contributed by atoms with Crippen LogP contribution in [0, 0.1) is 0 Å². The van der Waals surface area contributed by atoms with Crippen molar-refractivity contribution in [3.63, 3.8) is 0 Å². The first-order valence-electron chi connectivity index (χ1n) is 6.00. The van der Waals surface area contributed by atoms with E-state index >= 15 is 0 Å². The minimum atomic E-state index is -4.52. The zero-order valence-electron chi connectivity index (χ0n) is 11.2. The predicted octanol–water partition coefficient (Wildman–Crippen LogP) is 1.40. The molecule has 0 aliphatic carbocycles. The number of nitrogens with zero attached hydrogens (tertiary/aromatic N) is 3. The highest BCUT2D eigenvalue weighted by Gasteiger charge is 2.34. The second-order valence-electron chi connectivity index (χ2n) is 4.11. The maximum Gasteiger partial charge on any atom is 0.418 e. The number of halogens is 4. The van der Waals surface area contributed by atoms with E-state index in [1.807, 2.05) is 0 Å². The molecule has 0 radical (unpaired) electrons. The lowest BCUT2D eigenvalue weighted by Gasteiger charge is -2.11. The third-order valence-corrected chi connectivity index (χ3v) is 2.61. The molecular weight excluding hydrogens is 323 g/mol. The first-order chi connectivity index (χ1) is 9.93. The van der Waals surface area contributed by atoms with Crippen LogP contribution in [0.15, 0.2) is 30.5 Å². The number of carbonyl (C=O) groups is 1. The summed E-state index contributed by atoms with van der Waals surface area (Å²) >= 11 is 0. The lowest BCUT2D eigenvalue weighted by atomic mass is 10.1. The lowest BCUT2D eigenvalue weighted by Crippen LogP contribution is -2.29. The first kappa shape index (κ1) is 17.9. The third-order valence-electron chi connectivity index (χ3n) is 2.61. The summed E-state index contributed by atoms with van der Waals surface area (Å²) in [5, 5.41) is 9.58. The normalized spacial score (nSPS) is 10.9. The van der Waals surface area contributed by atoms with E-state index in [9.17, 15) is 18.0 Å². The van der Waals surface area contributed by atoms with Gasteiger partial charge in [0, 0.05) is 13.1 Å². The highest BCUT2D eigenvalue weighted by molar-refractivity contribution is 5.91. The summed E-state index contributed by atoms with van der Waals surface area (Å²) in [7, 11) is 0. The Bertz CT molecular complexity index is 644. The molecular formula is C12H13ClF3N5O. The summed E-state index contributed by atoms with van der Waals surface area (Å²) in [5.41, 5.74) is 4.10. The summed E-state index contributed by atoms with van der Waals surface area (Å²) in [6, 6.07) is 4.91. The number of alkyl halides is 3. The molecule has 1 aromatic heterocycles. The summed E-state index contributed by atoms with van der Waals surface area (Å²) in [6.45, 7) is 0.488. The number of carbonyl (C=O) groups excluding carboxylic acids is 1. The standard InChI is InChI=1S/C12H12F3N5O.ClH/c13-12(14,15)8-3-1-2-4-10(8)20-7-9(18-19-20)11(21)17-6-5-16;/h1-4,7H,5-6,16H2,(H,17,21);1H. The van der Waals surface area contributed by atoms with Gasteiger partial charge in [-0.15, -0.1) is 17.5 Å². The Morgan fingerprint density at radius 2 is 2.00 bits per heavy atom. The number of amides is 1. The van der Waals surface area contributed by atoms with Crippen LogP contribution in [0.5, 0.6) is 0 Å². The lowest BCUT2D eigenvalue weighted by molar-refractivity contribution is -0.137. The Kier molecular flexibility index (Phi) is 5.89. The van der Waals surface area contributed by atoms with Gasteiger partial charge in [0.15, 0.2) is 5.69 Å². The molecule has 1 aromatic carbocycles. The van der Waals surface area contributed by atoms with Gasteiger partial charge in [0.25, 0.3) is 5.91 Å². The van der Waals surface area contributed by atoms with E-state index in [-0.39, 0.29) is 36.9 Å². The number of benzene rings is 1. The average molecular weight is 336 g/mol.